The number of rotatable bonds is 7. The number of likely N-dealkylation sites (N-methyl/N-ethyl adjacent to an activating group) is 1. The minimum atomic E-state index is 0.655. The summed E-state index contributed by atoms with van der Waals surface area (Å²) in [6.07, 6.45) is 9.03. The van der Waals surface area contributed by atoms with E-state index in [1.165, 1.54) is 31.2 Å². The highest BCUT2D eigenvalue weighted by atomic mass is 15.2. The van der Waals surface area contributed by atoms with Crippen LogP contribution in [0.1, 0.15) is 52.0 Å². The van der Waals surface area contributed by atoms with Crippen LogP contribution in [0.2, 0.25) is 0 Å². The first-order chi connectivity index (χ1) is 10.2. The normalized spacial score (nSPS) is 26.2. The Morgan fingerprint density at radius 3 is 2.67 bits per heavy atom. The number of aromatic nitrogens is 1. The van der Waals surface area contributed by atoms with E-state index in [-0.39, 0.29) is 0 Å². The largest absolute Gasteiger partial charge is 0.312 e. The Morgan fingerprint density at radius 1 is 1.24 bits per heavy atom. The van der Waals surface area contributed by atoms with Gasteiger partial charge in [0.1, 0.15) is 0 Å². The maximum absolute atomic E-state index is 4.13. The van der Waals surface area contributed by atoms with E-state index in [0.29, 0.717) is 12.1 Å². The standard InChI is InChI=1S/C18H31N3/c1-4-10-20-17-7-6-15(3)13-18(17)21(5-2)14-16-8-11-19-12-9-16/h8-9,11-12,15,17-18,20H,4-7,10,13-14H2,1-3H3. The Hall–Kier alpha value is -0.930. The quantitative estimate of drug-likeness (QED) is 0.833. The van der Waals surface area contributed by atoms with Crippen molar-refractivity contribution in [1.29, 1.82) is 0 Å². The molecule has 0 spiro atoms. The summed E-state index contributed by atoms with van der Waals surface area (Å²) in [6, 6.07) is 5.61. The molecular weight excluding hydrogens is 258 g/mol. The highest BCUT2D eigenvalue weighted by Crippen LogP contribution is 2.28. The van der Waals surface area contributed by atoms with Gasteiger partial charge in [0.15, 0.2) is 0 Å². The molecule has 118 valence electrons. The fraction of sp³-hybridized carbons (Fsp3) is 0.722. The second kappa shape index (κ2) is 8.50. The third kappa shape index (κ3) is 4.79. The molecule has 1 aliphatic rings. The lowest BCUT2D eigenvalue weighted by Crippen LogP contribution is -2.52. The van der Waals surface area contributed by atoms with Gasteiger partial charge in [0.2, 0.25) is 0 Å². The van der Waals surface area contributed by atoms with Crippen LogP contribution in [0.25, 0.3) is 0 Å². The fourth-order valence-electron chi connectivity index (χ4n) is 3.51. The number of hydrogen-bond acceptors (Lipinski definition) is 3. The van der Waals surface area contributed by atoms with Crippen LogP contribution in [0.15, 0.2) is 24.5 Å². The van der Waals surface area contributed by atoms with Crippen LogP contribution in [0.4, 0.5) is 0 Å². The Labute approximate surface area is 130 Å². The zero-order valence-electron chi connectivity index (χ0n) is 13.9. The van der Waals surface area contributed by atoms with E-state index in [0.717, 1.165) is 25.6 Å². The third-order valence-corrected chi connectivity index (χ3v) is 4.75. The van der Waals surface area contributed by atoms with Gasteiger partial charge in [0.05, 0.1) is 0 Å². The molecule has 21 heavy (non-hydrogen) atoms. The minimum absolute atomic E-state index is 0.655. The molecule has 1 heterocycles. The first-order valence-corrected chi connectivity index (χ1v) is 8.60. The molecule has 0 bridgehead atoms. The zero-order valence-corrected chi connectivity index (χ0v) is 13.9. The van der Waals surface area contributed by atoms with Crippen LogP contribution in [-0.2, 0) is 6.54 Å². The number of nitrogens with one attached hydrogen (secondary N) is 1. The molecule has 3 unspecified atom stereocenters. The van der Waals surface area contributed by atoms with Gasteiger partial charge in [0.25, 0.3) is 0 Å². The summed E-state index contributed by atoms with van der Waals surface area (Å²) in [5, 5.41) is 3.79. The van der Waals surface area contributed by atoms with Crippen LogP contribution >= 0.6 is 0 Å². The Bertz CT molecular complexity index is 391. The monoisotopic (exact) mass is 289 g/mol. The lowest BCUT2D eigenvalue weighted by Gasteiger charge is -2.42. The van der Waals surface area contributed by atoms with E-state index >= 15 is 0 Å². The molecule has 0 amide bonds. The molecule has 0 aliphatic heterocycles. The van der Waals surface area contributed by atoms with Crippen molar-refractivity contribution in [2.75, 3.05) is 13.1 Å². The van der Waals surface area contributed by atoms with Gasteiger partial charge in [-0.25, -0.2) is 0 Å². The highest BCUT2D eigenvalue weighted by molar-refractivity contribution is 5.10. The molecular formula is C18H31N3. The van der Waals surface area contributed by atoms with E-state index in [2.05, 4.69) is 48.1 Å². The SMILES string of the molecule is CCCNC1CCC(C)CC1N(CC)Cc1ccncc1. The first kappa shape index (κ1) is 16.4. The molecule has 3 heteroatoms. The van der Waals surface area contributed by atoms with Crippen LogP contribution in [0.3, 0.4) is 0 Å². The molecule has 0 aromatic carbocycles. The van der Waals surface area contributed by atoms with Crippen LogP contribution < -0.4 is 5.32 Å². The van der Waals surface area contributed by atoms with Crippen molar-refractivity contribution in [1.82, 2.24) is 15.2 Å². The molecule has 0 radical (unpaired) electrons. The molecule has 0 saturated heterocycles. The van der Waals surface area contributed by atoms with Gasteiger partial charge in [-0.2, -0.15) is 0 Å². The Morgan fingerprint density at radius 2 is 2.00 bits per heavy atom. The van der Waals surface area contributed by atoms with Gasteiger partial charge in [-0.1, -0.05) is 20.8 Å². The molecule has 1 saturated carbocycles. The number of nitrogens with zero attached hydrogens (tertiary/aromatic N) is 2. The van der Waals surface area contributed by atoms with Crippen molar-refractivity contribution in [2.24, 2.45) is 5.92 Å². The summed E-state index contributed by atoms with van der Waals surface area (Å²) >= 11 is 0. The van der Waals surface area contributed by atoms with Crippen molar-refractivity contribution in [3.05, 3.63) is 30.1 Å². The van der Waals surface area contributed by atoms with E-state index in [9.17, 15) is 0 Å². The smallest absolute Gasteiger partial charge is 0.0271 e. The van der Waals surface area contributed by atoms with E-state index in [1.807, 2.05) is 12.4 Å². The molecule has 1 N–H and O–H groups in total. The van der Waals surface area contributed by atoms with E-state index in [4.69, 9.17) is 0 Å². The van der Waals surface area contributed by atoms with Gasteiger partial charge in [-0.15, -0.1) is 0 Å². The zero-order chi connectivity index (χ0) is 15.1. The van der Waals surface area contributed by atoms with Crippen LogP contribution in [0, 0.1) is 5.92 Å². The molecule has 3 nitrogen and oxygen atoms in total. The molecule has 1 aliphatic carbocycles. The van der Waals surface area contributed by atoms with Gasteiger partial charge >= 0.3 is 0 Å². The molecule has 1 aromatic heterocycles. The average molecular weight is 289 g/mol. The minimum Gasteiger partial charge on any atom is -0.312 e. The fourth-order valence-corrected chi connectivity index (χ4v) is 3.51. The summed E-state index contributed by atoms with van der Waals surface area (Å²) in [4.78, 5) is 6.78. The highest BCUT2D eigenvalue weighted by Gasteiger charge is 2.31. The maximum atomic E-state index is 4.13. The van der Waals surface area contributed by atoms with Crippen molar-refractivity contribution < 1.29 is 0 Å². The second-order valence-electron chi connectivity index (χ2n) is 6.46. The Kier molecular flexibility index (Phi) is 6.65. The van der Waals surface area contributed by atoms with Gasteiger partial charge in [0, 0.05) is 31.0 Å². The van der Waals surface area contributed by atoms with Crippen molar-refractivity contribution in [3.8, 4) is 0 Å². The summed E-state index contributed by atoms with van der Waals surface area (Å²) in [5.41, 5.74) is 1.37. The second-order valence-corrected chi connectivity index (χ2v) is 6.46. The maximum Gasteiger partial charge on any atom is 0.0271 e. The summed E-state index contributed by atoms with van der Waals surface area (Å²) in [6.45, 7) is 10.2. The van der Waals surface area contributed by atoms with E-state index < -0.39 is 0 Å². The molecule has 1 aromatic rings. The lowest BCUT2D eigenvalue weighted by molar-refractivity contribution is 0.0992. The van der Waals surface area contributed by atoms with Gasteiger partial charge < -0.3 is 5.32 Å². The van der Waals surface area contributed by atoms with Crippen molar-refractivity contribution in [3.63, 3.8) is 0 Å². The predicted octanol–water partition coefficient (Wildman–Crippen LogP) is 3.46. The van der Waals surface area contributed by atoms with Crippen LogP contribution in [0.5, 0.6) is 0 Å². The lowest BCUT2D eigenvalue weighted by atomic mass is 9.82. The summed E-state index contributed by atoms with van der Waals surface area (Å²) in [7, 11) is 0. The molecule has 2 rings (SSSR count). The van der Waals surface area contributed by atoms with Crippen LogP contribution in [-0.4, -0.2) is 35.1 Å². The number of pyridine rings is 1. The van der Waals surface area contributed by atoms with Gasteiger partial charge in [-0.3, -0.25) is 9.88 Å². The topological polar surface area (TPSA) is 28.2 Å². The summed E-state index contributed by atoms with van der Waals surface area (Å²) in [5.74, 6) is 0.848. The third-order valence-electron chi connectivity index (χ3n) is 4.75. The number of hydrogen-bond donors (Lipinski definition) is 1. The first-order valence-electron chi connectivity index (χ1n) is 8.60. The van der Waals surface area contributed by atoms with Gasteiger partial charge in [-0.05, 0) is 62.4 Å². The molecule has 3 atom stereocenters. The van der Waals surface area contributed by atoms with Crippen molar-refractivity contribution in [2.45, 2.75) is 65.1 Å². The summed E-state index contributed by atoms with van der Waals surface area (Å²) < 4.78 is 0. The predicted molar refractivity (Wildman–Crippen MR) is 89.2 cm³/mol. The van der Waals surface area contributed by atoms with E-state index in [1.54, 1.807) is 0 Å². The Balaban J connectivity index is 2.04. The van der Waals surface area contributed by atoms with Crippen molar-refractivity contribution >= 4 is 0 Å². The molecule has 1 fully saturated rings. The average Bonchev–Trinajstić information content (AvgIpc) is 2.52.